The molecule has 162 valence electrons. The van der Waals surface area contributed by atoms with Gasteiger partial charge in [0.15, 0.2) is 11.5 Å². The molecular formula is C24H19BrN2O5. The number of nitrogens with one attached hydrogen (secondary N) is 1. The Morgan fingerprint density at radius 1 is 0.969 bits per heavy atom. The van der Waals surface area contributed by atoms with Crippen molar-refractivity contribution in [1.82, 2.24) is 5.43 Å². The van der Waals surface area contributed by atoms with E-state index in [0.717, 1.165) is 15.6 Å². The van der Waals surface area contributed by atoms with Crippen LogP contribution in [0.2, 0.25) is 0 Å². The maximum absolute atomic E-state index is 12.4. The van der Waals surface area contributed by atoms with Crippen molar-refractivity contribution in [3.8, 4) is 11.5 Å². The summed E-state index contributed by atoms with van der Waals surface area (Å²) >= 11 is 3.33. The molecule has 0 radical (unpaired) electrons. The number of carbonyl (C=O) groups is 2. The van der Waals surface area contributed by atoms with E-state index in [1.54, 1.807) is 48.5 Å². The number of hydrogen-bond acceptors (Lipinski definition) is 6. The minimum Gasteiger partial charge on any atom is -0.493 e. The normalized spacial score (nSPS) is 12.4. The molecule has 0 aliphatic carbocycles. The Morgan fingerprint density at radius 3 is 2.50 bits per heavy atom. The third-order valence-corrected chi connectivity index (χ3v) is 5.36. The number of halogens is 1. The zero-order chi connectivity index (χ0) is 22.5. The number of carbonyl (C=O) groups excluding carboxylic acids is 2. The Labute approximate surface area is 193 Å². The first-order chi connectivity index (χ1) is 15.5. The molecule has 0 unspecified atom stereocenters. The van der Waals surface area contributed by atoms with Crippen molar-refractivity contribution >= 4 is 34.0 Å². The summed E-state index contributed by atoms with van der Waals surface area (Å²) in [6.07, 6.45) is 1.48. The standard InChI is InChI=1S/C24H19BrN2O5/c1-30-22-10-15(2-9-21(22)32-24(29)16-5-7-20(25)8-6-16)12-26-27-23(28)17-3-4-18-13-31-14-19(18)11-17/h2-12H,13-14H2,1H3,(H,27,28). The highest BCUT2D eigenvalue weighted by Gasteiger charge is 2.15. The lowest BCUT2D eigenvalue weighted by Gasteiger charge is -2.10. The van der Waals surface area contributed by atoms with E-state index >= 15 is 0 Å². The van der Waals surface area contributed by atoms with Crippen molar-refractivity contribution in [1.29, 1.82) is 0 Å². The third kappa shape index (κ3) is 5.04. The van der Waals surface area contributed by atoms with Gasteiger partial charge in [-0.2, -0.15) is 5.10 Å². The van der Waals surface area contributed by atoms with Crippen LogP contribution in [0.5, 0.6) is 11.5 Å². The van der Waals surface area contributed by atoms with E-state index in [9.17, 15) is 9.59 Å². The second-order valence-electron chi connectivity index (χ2n) is 6.98. The van der Waals surface area contributed by atoms with Crippen LogP contribution in [-0.2, 0) is 18.0 Å². The van der Waals surface area contributed by atoms with Crippen molar-refractivity contribution in [3.05, 3.63) is 93.0 Å². The lowest BCUT2D eigenvalue weighted by Crippen LogP contribution is -2.17. The third-order valence-electron chi connectivity index (χ3n) is 4.83. The predicted molar refractivity (Wildman–Crippen MR) is 122 cm³/mol. The van der Waals surface area contributed by atoms with Gasteiger partial charge in [0.2, 0.25) is 0 Å². The number of ether oxygens (including phenoxy) is 3. The van der Waals surface area contributed by atoms with Crippen LogP contribution in [0.25, 0.3) is 0 Å². The molecule has 0 fully saturated rings. The van der Waals surface area contributed by atoms with Gasteiger partial charge in [-0.15, -0.1) is 0 Å². The first-order valence-electron chi connectivity index (χ1n) is 9.72. The molecule has 0 atom stereocenters. The number of rotatable bonds is 6. The fourth-order valence-corrected chi connectivity index (χ4v) is 3.40. The first-order valence-corrected chi connectivity index (χ1v) is 10.5. The molecule has 3 aromatic rings. The van der Waals surface area contributed by atoms with Gasteiger partial charge in [-0.05, 0) is 71.3 Å². The number of benzene rings is 3. The van der Waals surface area contributed by atoms with Gasteiger partial charge in [0.05, 0.1) is 32.1 Å². The van der Waals surface area contributed by atoms with Gasteiger partial charge in [-0.25, -0.2) is 10.2 Å². The summed E-state index contributed by atoms with van der Waals surface area (Å²) in [6.45, 7) is 1.09. The van der Waals surface area contributed by atoms with Crippen molar-refractivity contribution in [2.75, 3.05) is 7.11 Å². The number of nitrogens with zero attached hydrogens (tertiary/aromatic N) is 1. The van der Waals surface area contributed by atoms with E-state index in [1.807, 2.05) is 12.1 Å². The van der Waals surface area contributed by atoms with Crippen LogP contribution in [0.4, 0.5) is 0 Å². The smallest absolute Gasteiger partial charge is 0.343 e. The van der Waals surface area contributed by atoms with Crippen molar-refractivity contribution in [3.63, 3.8) is 0 Å². The molecule has 1 heterocycles. The van der Waals surface area contributed by atoms with Crippen LogP contribution in [-0.4, -0.2) is 25.2 Å². The van der Waals surface area contributed by atoms with Crippen LogP contribution >= 0.6 is 15.9 Å². The number of methoxy groups -OCH3 is 1. The summed E-state index contributed by atoms with van der Waals surface area (Å²) in [4.78, 5) is 24.7. The van der Waals surface area contributed by atoms with Crippen molar-refractivity contribution in [2.45, 2.75) is 13.2 Å². The van der Waals surface area contributed by atoms with Gasteiger partial charge in [0.1, 0.15) is 0 Å². The molecule has 3 aromatic carbocycles. The number of amides is 1. The van der Waals surface area contributed by atoms with Crippen LogP contribution in [0.15, 0.2) is 70.2 Å². The summed E-state index contributed by atoms with van der Waals surface area (Å²) in [5, 5.41) is 4.01. The molecule has 1 aliphatic heterocycles. The summed E-state index contributed by atoms with van der Waals surface area (Å²) in [6, 6.07) is 17.3. The Balaban J connectivity index is 1.41. The van der Waals surface area contributed by atoms with Crippen LogP contribution in [0.3, 0.4) is 0 Å². The van der Waals surface area contributed by atoms with Gasteiger partial charge < -0.3 is 14.2 Å². The molecular weight excluding hydrogens is 476 g/mol. The molecule has 1 amide bonds. The van der Waals surface area contributed by atoms with Gasteiger partial charge in [0, 0.05) is 10.0 Å². The highest BCUT2D eigenvalue weighted by atomic mass is 79.9. The topological polar surface area (TPSA) is 86.2 Å². The zero-order valence-corrected chi connectivity index (χ0v) is 18.7. The van der Waals surface area contributed by atoms with E-state index in [-0.39, 0.29) is 11.7 Å². The monoisotopic (exact) mass is 494 g/mol. The Hall–Kier alpha value is -3.49. The fourth-order valence-electron chi connectivity index (χ4n) is 3.14. The average molecular weight is 495 g/mol. The van der Waals surface area contributed by atoms with E-state index in [0.29, 0.717) is 35.7 Å². The lowest BCUT2D eigenvalue weighted by molar-refractivity contribution is 0.0729. The summed E-state index contributed by atoms with van der Waals surface area (Å²) in [5.41, 5.74) is 6.21. The molecule has 0 saturated carbocycles. The van der Waals surface area contributed by atoms with Crippen molar-refractivity contribution in [2.24, 2.45) is 5.10 Å². The quantitative estimate of drug-likeness (QED) is 0.236. The summed E-state index contributed by atoms with van der Waals surface area (Å²) in [7, 11) is 1.48. The maximum Gasteiger partial charge on any atom is 0.343 e. The van der Waals surface area contributed by atoms with Crippen LogP contribution < -0.4 is 14.9 Å². The highest BCUT2D eigenvalue weighted by Crippen LogP contribution is 2.28. The predicted octanol–water partition coefficient (Wildman–Crippen LogP) is 4.47. The first kappa shape index (κ1) is 21.7. The number of hydrazone groups is 1. The van der Waals surface area contributed by atoms with Gasteiger partial charge >= 0.3 is 5.97 Å². The van der Waals surface area contributed by atoms with Gasteiger partial charge in [-0.3, -0.25) is 4.79 Å². The maximum atomic E-state index is 12.4. The van der Waals surface area contributed by atoms with E-state index in [4.69, 9.17) is 14.2 Å². The minimum absolute atomic E-state index is 0.280. The highest BCUT2D eigenvalue weighted by molar-refractivity contribution is 9.10. The molecule has 0 aromatic heterocycles. The molecule has 0 spiro atoms. The van der Waals surface area contributed by atoms with Crippen LogP contribution in [0.1, 0.15) is 37.4 Å². The molecule has 1 aliphatic rings. The van der Waals surface area contributed by atoms with E-state index in [1.165, 1.54) is 13.3 Å². The van der Waals surface area contributed by atoms with E-state index < -0.39 is 5.97 Å². The Kier molecular flexibility index (Phi) is 6.63. The molecule has 1 N–H and O–H groups in total. The number of esters is 1. The summed E-state index contributed by atoms with van der Waals surface area (Å²) in [5.74, 6) is -0.168. The zero-order valence-electron chi connectivity index (χ0n) is 17.1. The molecule has 8 heteroatoms. The number of fused-ring (bicyclic) bond motifs is 1. The lowest BCUT2D eigenvalue weighted by atomic mass is 10.1. The second kappa shape index (κ2) is 9.76. The molecule has 0 saturated heterocycles. The molecule has 7 nitrogen and oxygen atoms in total. The summed E-state index contributed by atoms with van der Waals surface area (Å²) < 4.78 is 17.0. The molecule has 4 rings (SSSR count). The van der Waals surface area contributed by atoms with Crippen molar-refractivity contribution < 1.29 is 23.8 Å². The van der Waals surface area contributed by atoms with E-state index in [2.05, 4.69) is 26.5 Å². The molecule has 0 bridgehead atoms. The largest absolute Gasteiger partial charge is 0.493 e. The van der Waals surface area contributed by atoms with Crippen LogP contribution in [0, 0.1) is 0 Å². The Bertz CT molecular complexity index is 1190. The average Bonchev–Trinajstić information content (AvgIpc) is 3.28. The minimum atomic E-state index is -0.496. The van der Waals surface area contributed by atoms with Gasteiger partial charge in [-0.1, -0.05) is 22.0 Å². The van der Waals surface area contributed by atoms with Gasteiger partial charge in [0.25, 0.3) is 5.91 Å². The number of hydrogen-bond donors (Lipinski definition) is 1. The fraction of sp³-hybridized carbons (Fsp3) is 0.125. The molecule has 32 heavy (non-hydrogen) atoms. The SMILES string of the molecule is COc1cc(C=NNC(=O)c2ccc3c(c2)COC3)ccc1OC(=O)c1ccc(Br)cc1. The Morgan fingerprint density at radius 2 is 1.72 bits per heavy atom. The second-order valence-corrected chi connectivity index (χ2v) is 7.90.